The summed E-state index contributed by atoms with van der Waals surface area (Å²) in [5, 5.41) is 0. The highest BCUT2D eigenvalue weighted by Crippen LogP contribution is 2.36. The Morgan fingerprint density at radius 3 is 2.29 bits per heavy atom. The van der Waals surface area contributed by atoms with Crippen LogP contribution in [0.4, 0.5) is 0 Å². The molecule has 0 unspecified atom stereocenters. The van der Waals surface area contributed by atoms with Crippen LogP contribution in [0.5, 0.6) is 0 Å². The van der Waals surface area contributed by atoms with E-state index in [0.717, 1.165) is 8.95 Å². The van der Waals surface area contributed by atoms with Crippen molar-refractivity contribution < 1.29 is 14.3 Å². The highest BCUT2D eigenvalue weighted by Gasteiger charge is 2.28. The number of fused-ring (bicyclic) bond motifs is 1. The monoisotopic (exact) mass is 406 g/mol. The number of carbonyl (C=O) groups is 2. The van der Waals surface area contributed by atoms with Crippen molar-refractivity contribution in [2.24, 2.45) is 0 Å². The first-order chi connectivity index (χ1) is 10.1. The van der Waals surface area contributed by atoms with E-state index >= 15 is 0 Å². The third-order valence-electron chi connectivity index (χ3n) is 3.07. The van der Waals surface area contributed by atoms with Gasteiger partial charge in [-0.3, -0.25) is 4.79 Å². The van der Waals surface area contributed by atoms with Gasteiger partial charge in [-0.05, 0) is 44.0 Å². The second-order valence-electron chi connectivity index (χ2n) is 4.44. The molecule has 0 spiro atoms. The molecule has 2 aromatic carbocycles. The van der Waals surface area contributed by atoms with Gasteiger partial charge in [0.2, 0.25) is 0 Å². The minimum Gasteiger partial charge on any atom is -0.422 e. The maximum absolute atomic E-state index is 12.2. The van der Waals surface area contributed by atoms with E-state index in [4.69, 9.17) is 4.74 Å². The van der Waals surface area contributed by atoms with E-state index in [2.05, 4.69) is 31.9 Å². The molecule has 0 fully saturated rings. The van der Waals surface area contributed by atoms with Gasteiger partial charge in [0.1, 0.15) is 5.76 Å². The van der Waals surface area contributed by atoms with Crippen molar-refractivity contribution in [3.63, 3.8) is 0 Å². The molecule has 0 bridgehead atoms. The Labute approximate surface area is 137 Å². The molecule has 0 aromatic heterocycles. The van der Waals surface area contributed by atoms with Crippen LogP contribution in [0.15, 0.2) is 57.5 Å². The number of rotatable bonds is 2. The van der Waals surface area contributed by atoms with E-state index in [1.807, 2.05) is 6.07 Å². The molecule has 0 N–H and O–H groups in total. The van der Waals surface area contributed by atoms with Crippen molar-refractivity contribution in [1.29, 1.82) is 0 Å². The number of cyclic esters (lactones) is 1. The lowest BCUT2D eigenvalue weighted by Crippen LogP contribution is -1.96. The third kappa shape index (κ3) is 2.71. The lowest BCUT2D eigenvalue weighted by molar-refractivity contribution is 0.0715. The summed E-state index contributed by atoms with van der Waals surface area (Å²) in [4.78, 5) is 24.0. The summed E-state index contributed by atoms with van der Waals surface area (Å²) in [6, 6.07) is 12.3. The van der Waals surface area contributed by atoms with Crippen LogP contribution in [0.25, 0.3) is 5.76 Å². The second kappa shape index (κ2) is 5.58. The maximum atomic E-state index is 12.2. The topological polar surface area (TPSA) is 43.4 Å². The third-order valence-corrected chi connectivity index (χ3v) is 4.91. The van der Waals surface area contributed by atoms with Gasteiger partial charge in [-0.15, -0.1) is 0 Å². The van der Waals surface area contributed by atoms with Crippen molar-refractivity contribution in [3.8, 4) is 0 Å². The first kappa shape index (κ1) is 14.2. The van der Waals surface area contributed by atoms with Gasteiger partial charge in [0.25, 0.3) is 0 Å². The molecule has 1 heterocycles. The molecule has 0 aliphatic carbocycles. The van der Waals surface area contributed by atoms with E-state index in [0.29, 0.717) is 16.7 Å². The Balaban J connectivity index is 2.03. The molecule has 21 heavy (non-hydrogen) atoms. The molecule has 0 amide bonds. The lowest BCUT2D eigenvalue weighted by Gasteiger charge is -2.01. The fourth-order valence-electron chi connectivity index (χ4n) is 2.04. The first-order valence-corrected chi connectivity index (χ1v) is 7.67. The number of allylic oxidation sites excluding steroid dienone is 1. The van der Waals surface area contributed by atoms with Gasteiger partial charge < -0.3 is 4.74 Å². The quantitative estimate of drug-likeness (QED) is 0.415. The minimum atomic E-state index is -0.453. The Morgan fingerprint density at radius 2 is 1.62 bits per heavy atom. The molecule has 0 radical (unpaired) electrons. The van der Waals surface area contributed by atoms with Crippen molar-refractivity contribution in [3.05, 3.63) is 74.2 Å². The average molecular weight is 408 g/mol. The molecule has 0 atom stereocenters. The number of benzene rings is 2. The van der Waals surface area contributed by atoms with Crippen LogP contribution >= 0.6 is 31.9 Å². The molecule has 5 heteroatoms. The fourth-order valence-corrected chi connectivity index (χ4v) is 2.73. The van der Waals surface area contributed by atoms with Crippen molar-refractivity contribution in [2.45, 2.75) is 0 Å². The smallest absolute Gasteiger partial charge is 0.344 e. The zero-order valence-electron chi connectivity index (χ0n) is 10.6. The van der Waals surface area contributed by atoms with Gasteiger partial charge in [-0.25, -0.2) is 4.79 Å². The Kier molecular flexibility index (Phi) is 3.78. The highest BCUT2D eigenvalue weighted by atomic mass is 79.9. The van der Waals surface area contributed by atoms with Gasteiger partial charge in [-0.1, -0.05) is 30.3 Å². The van der Waals surface area contributed by atoms with E-state index in [-0.39, 0.29) is 11.5 Å². The summed E-state index contributed by atoms with van der Waals surface area (Å²) in [7, 11) is 0. The van der Waals surface area contributed by atoms with Gasteiger partial charge in [0, 0.05) is 26.1 Å². The summed E-state index contributed by atoms with van der Waals surface area (Å²) < 4.78 is 6.74. The van der Waals surface area contributed by atoms with Crippen LogP contribution in [-0.2, 0) is 4.74 Å². The van der Waals surface area contributed by atoms with Crippen LogP contribution in [0.3, 0.4) is 0 Å². The molecular formula is C16H8Br2O3. The minimum absolute atomic E-state index is 0.203. The van der Waals surface area contributed by atoms with Crippen LogP contribution in [-0.4, -0.2) is 11.8 Å². The van der Waals surface area contributed by atoms with Gasteiger partial charge >= 0.3 is 5.97 Å². The Bertz CT molecular complexity index is 780. The Morgan fingerprint density at radius 1 is 1.00 bits per heavy atom. The number of ketones is 1. The lowest BCUT2D eigenvalue weighted by atomic mass is 10.1. The summed E-state index contributed by atoms with van der Waals surface area (Å²) in [6.07, 6.45) is 1.35. The van der Waals surface area contributed by atoms with Gasteiger partial charge in [-0.2, -0.15) is 0 Å². The maximum Gasteiger partial charge on any atom is 0.344 e. The summed E-state index contributed by atoms with van der Waals surface area (Å²) in [6.45, 7) is 0. The summed E-state index contributed by atoms with van der Waals surface area (Å²) >= 11 is 6.72. The van der Waals surface area contributed by atoms with Crippen LogP contribution < -0.4 is 0 Å². The van der Waals surface area contributed by atoms with Gasteiger partial charge in [0.15, 0.2) is 5.78 Å². The van der Waals surface area contributed by atoms with E-state index in [1.54, 1.807) is 36.4 Å². The zero-order valence-corrected chi connectivity index (χ0v) is 13.8. The molecular weight excluding hydrogens is 400 g/mol. The number of esters is 1. The van der Waals surface area contributed by atoms with Crippen molar-refractivity contribution in [2.75, 3.05) is 0 Å². The first-order valence-electron chi connectivity index (χ1n) is 6.09. The number of halogens is 2. The Hall–Kier alpha value is -1.72. The molecule has 0 saturated heterocycles. The largest absolute Gasteiger partial charge is 0.422 e. The number of hydrogen-bond acceptors (Lipinski definition) is 3. The second-order valence-corrected chi connectivity index (χ2v) is 6.15. The van der Waals surface area contributed by atoms with Crippen LogP contribution in [0.2, 0.25) is 0 Å². The molecule has 104 valence electrons. The van der Waals surface area contributed by atoms with Crippen LogP contribution in [0, 0.1) is 0 Å². The predicted molar refractivity (Wildman–Crippen MR) is 86.0 cm³/mol. The SMILES string of the molecule is O=C(C=C1OC(=O)c2cc(Br)c(Br)cc21)c1ccccc1. The molecule has 3 rings (SSSR count). The van der Waals surface area contributed by atoms with E-state index in [9.17, 15) is 9.59 Å². The molecule has 1 aliphatic rings. The zero-order chi connectivity index (χ0) is 15.0. The van der Waals surface area contributed by atoms with Crippen molar-refractivity contribution in [1.82, 2.24) is 0 Å². The van der Waals surface area contributed by atoms with Gasteiger partial charge in [0.05, 0.1) is 5.56 Å². The number of carbonyl (C=O) groups excluding carboxylic acids is 2. The molecule has 2 aromatic rings. The van der Waals surface area contributed by atoms with Crippen molar-refractivity contribution >= 4 is 49.4 Å². The number of hydrogen-bond donors (Lipinski definition) is 0. The highest BCUT2D eigenvalue weighted by molar-refractivity contribution is 9.13. The number of ether oxygens (including phenoxy) is 1. The molecule has 0 saturated carbocycles. The standard InChI is InChI=1S/C16H8Br2O3/c17-12-6-10-11(7-13(12)18)16(20)21-15(10)8-14(19)9-4-2-1-3-5-9/h1-8H. The van der Waals surface area contributed by atoms with E-state index in [1.165, 1.54) is 6.08 Å². The summed E-state index contributed by atoms with van der Waals surface area (Å²) in [5.41, 5.74) is 1.60. The molecule has 1 aliphatic heterocycles. The van der Waals surface area contributed by atoms with Crippen LogP contribution in [0.1, 0.15) is 26.3 Å². The fraction of sp³-hybridized carbons (Fsp3) is 0. The summed E-state index contributed by atoms with van der Waals surface area (Å²) in [5.74, 6) is -0.382. The normalized spacial score (nSPS) is 15.0. The molecule has 3 nitrogen and oxygen atoms in total. The average Bonchev–Trinajstić information content (AvgIpc) is 2.77. The van der Waals surface area contributed by atoms with E-state index < -0.39 is 5.97 Å². The predicted octanol–water partition coefficient (Wildman–Crippen LogP) is 4.61.